The van der Waals surface area contributed by atoms with Gasteiger partial charge >= 0.3 is 0 Å². The number of halogens is 1. The van der Waals surface area contributed by atoms with Crippen molar-refractivity contribution in [1.82, 2.24) is 20.2 Å². The molecule has 3 rings (SSSR count). The van der Waals surface area contributed by atoms with E-state index in [2.05, 4.69) is 34.7 Å². The Hall–Kier alpha value is -2.93. The van der Waals surface area contributed by atoms with Crippen LogP contribution in [-0.4, -0.2) is 32.7 Å². The molecular weight excluding hydrogens is 354 g/mol. The van der Waals surface area contributed by atoms with Crippen LogP contribution in [0.2, 0.25) is 5.02 Å². The smallest absolute Gasteiger partial charge is 0.255 e. The Morgan fingerprint density at radius 1 is 1.27 bits per heavy atom. The summed E-state index contributed by atoms with van der Waals surface area (Å²) in [6.07, 6.45) is 1.46. The summed E-state index contributed by atoms with van der Waals surface area (Å²) in [5.74, 6) is 0.740. The van der Waals surface area contributed by atoms with E-state index in [1.54, 1.807) is 36.4 Å². The van der Waals surface area contributed by atoms with E-state index in [9.17, 15) is 4.79 Å². The zero-order chi connectivity index (χ0) is 18.5. The third kappa shape index (κ3) is 4.37. The lowest BCUT2D eigenvalue weighted by atomic mass is 10.2. The van der Waals surface area contributed by atoms with Gasteiger partial charge in [-0.05, 0) is 52.7 Å². The van der Waals surface area contributed by atoms with Gasteiger partial charge in [-0.15, -0.1) is 5.10 Å². The van der Waals surface area contributed by atoms with Crippen LogP contribution in [0, 0.1) is 5.92 Å². The van der Waals surface area contributed by atoms with Crippen LogP contribution in [0.15, 0.2) is 48.8 Å². The fraction of sp³-hybridized carbons (Fsp3) is 0.222. The minimum atomic E-state index is -0.258. The zero-order valence-corrected chi connectivity index (χ0v) is 15.1. The number of nitrogens with zero attached hydrogens (tertiary/aromatic N) is 4. The van der Waals surface area contributed by atoms with Gasteiger partial charge in [0.15, 0.2) is 0 Å². The summed E-state index contributed by atoms with van der Waals surface area (Å²) in [6, 6.07) is 12.2. The number of ether oxygens (including phenoxy) is 1. The first-order valence-electron chi connectivity index (χ1n) is 8.10. The maximum atomic E-state index is 12.5. The number of aromatic nitrogens is 4. The van der Waals surface area contributed by atoms with E-state index in [0.29, 0.717) is 40.2 Å². The Morgan fingerprint density at radius 2 is 2.12 bits per heavy atom. The molecule has 0 fully saturated rings. The average molecular weight is 372 g/mol. The number of nitrogens with one attached hydrogen (secondary N) is 1. The molecule has 26 heavy (non-hydrogen) atoms. The largest absolute Gasteiger partial charge is 0.492 e. The van der Waals surface area contributed by atoms with E-state index in [-0.39, 0.29) is 5.91 Å². The summed E-state index contributed by atoms with van der Waals surface area (Å²) in [6.45, 7) is 4.70. The molecule has 0 radical (unpaired) electrons. The van der Waals surface area contributed by atoms with E-state index in [0.717, 1.165) is 0 Å². The molecule has 7 nitrogen and oxygen atoms in total. The number of anilines is 1. The standard InChI is InChI=1S/C18H18ClN5O2/c1-12(2)10-26-17-7-6-14(9-16(17)19)21-18(25)13-4-3-5-15(8-13)24-11-20-22-23-24/h3-9,11-12H,10H2,1-2H3,(H,21,25). The minimum Gasteiger partial charge on any atom is -0.492 e. The summed E-state index contributed by atoms with van der Waals surface area (Å²) in [7, 11) is 0. The number of carbonyl (C=O) groups excluding carboxylic acids is 1. The van der Waals surface area contributed by atoms with Crippen molar-refractivity contribution in [1.29, 1.82) is 0 Å². The maximum Gasteiger partial charge on any atom is 0.255 e. The number of tetrazole rings is 1. The predicted octanol–water partition coefficient (Wildman–Crippen LogP) is 3.60. The van der Waals surface area contributed by atoms with Crippen molar-refractivity contribution in [2.75, 3.05) is 11.9 Å². The number of benzene rings is 2. The number of hydrogen-bond donors (Lipinski definition) is 1. The topological polar surface area (TPSA) is 81.9 Å². The van der Waals surface area contributed by atoms with Crippen LogP contribution >= 0.6 is 11.6 Å². The summed E-state index contributed by atoms with van der Waals surface area (Å²) >= 11 is 6.23. The molecule has 3 aromatic rings. The monoisotopic (exact) mass is 371 g/mol. The number of amides is 1. The predicted molar refractivity (Wildman–Crippen MR) is 98.9 cm³/mol. The molecule has 0 saturated carbocycles. The molecule has 0 aliphatic heterocycles. The normalized spacial score (nSPS) is 10.8. The first kappa shape index (κ1) is 17.9. The van der Waals surface area contributed by atoms with Crippen LogP contribution in [0.5, 0.6) is 5.75 Å². The van der Waals surface area contributed by atoms with Crippen molar-refractivity contribution in [3.05, 3.63) is 59.4 Å². The molecule has 1 amide bonds. The van der Waals surface area contributed by atoms with Gasteiger partial charge in [0.1, 0.15) is 12.1 Å². The maximum absolute atomic E-state index is 12.5. The van der Waals surface area contributed by atoms with E-state index < -0.39 is 0 Å². The second-order valence-corrected chi connectivity index (χ2v) is 6.52. The SMILES string of the molecule is CC(C)COc1ccc(NC(=O)c2cccc(-n3cnnn3)c2)cc1Cl. The van der Waals surface area contributed by atoms with Crippen LogP contribution in [0.3, 0.4) is 0 Å². The Kier molecular flexibility index (Phi) is 5.48. The third-order valence-electron chi connectivity index (χ3n) is 3.48. The van der Waals surface area contributed by atoms with Crippen molar-refractivity contribution < 1.29 is 9.53 Å². The highest BCUT2D eigenvalue weighted by Crippen LogP contribution is 2.28. The van der Waals surface area contributed by atoms with Crippen molar-refractivity contribution >= 4 is 23.2 Å². The fourth-order valence-corrected chi connectivity index (χ4v) is 2.46. The summed E-state index contributed by atoms with van der Waals surface area (Å²) in [5, 5.41) is 14.3. The first-order chi connectivity index (χ1) is 12.5. The molecule has 2 aromatic carbocycles. The molecule has 1 N–H and O–H groups in total. The molecule has 0 spiro atoms. The molecule has 134 valence electrons. The molecule has 0 aliphatic carbocycles. The van der Waals surface area contributed by atoms with E-state index in [4.69, 9.17) is 16.3 Å². The second kappa shape index (κ2) is 7.97. The van der Waals surface area contributed by atoms with E-state index in [1.807, 2.05) is 6.07 Å². The van der Waals surface area contributed by atoms with Gasteiger partial charge in [0.2, 0.25) is 0 Å². The van der Waals surface area contributed by atoms with E-state index >= 15 is 0 Å². The molecule has 0 atom stereocenters. The Morgan fingerprint density at radius 3 is 2.81 bits per heavy atom. The van der Waals surface area contributed by atoms with Crippen molar-refractivity contribution in [2.45, 2.75) is 13.8 Å². The van der Waals surface area contributed by atoms with Gasteiger partial charge in [0.25, 0.3) is 5.91 Å². The summed E-state index contributed by atoms with van der Waals surface area (Å²) < 4.78 is 7.11. The van der Waals surface area contributed by atoms with Gasteiger partial charge in [0.05, 0.1) is 17.3 Å². The lowest BCUT2D eigenvalue weighted by Crippen LogP contribution is -2.12. The number of rotatable bonds is 6. The molecule has 1 aromatic heterocycles. The first-order valence-corrected chi connectivity index (χ1v) is 8.48. The molecular formula is C18H18ClN5O2. The van der Waals surface area contributed by atoms with Crippen LogP contribution in [0.1, 0.15) is 24.2 Å². The number of carbonyl (C=O) groups is 1. The van der Waals surface area contributed by atoms with Gasteiger partial charge in [-0.2, -0.15) is 0 Å². The van der Waals surface area contributed by atoms with Crippen LogP contribution < -0.4 is 10.1 Å². The van der Waals surface area contributed by atoms with Crippen molar-refractivity contribution in [2.24, 2.45) is 5.92 Å². The molecule has 0 unspecified atom stereocenters. The highest BCUT2D eigenvalue weighted by molar-refractivity contribution is 6.32. The Bertz CT molecular complexity index is 896. The Balaban J connectivity index is 1.72. The molecule has 0 aliphatic rings. The zero-order valence-electron chi connectivity index (χ0n) is 14.4. The van der Waals surface area contributed by atoms with E-state index in [1.165, 1.54) is 11.0 Å². The highest BCUT2D eigenvalue weighted by atomic mass is 35.5. The van der Waals surface area contributed by atoms with Crippen LogP contribution in [0.25, 0.3) is 5.69 Å². The van der Waals surface area contributed by atoms with Gasteiger partial charge in [0, 0.05) is 11.3 Å². The van der Waals surface area contributed by atoms with Gasteiger partial charge in [-0.3, -0.25) is 4.79 Å². The fourth-order valence-electron chi connectivity index (χ4n) is 2.22. The van der Waals surface area contributed by atoms with Crippen molar-refractivity contribution in [3.63, 3.8) is 0 Å². The Labute approximate surface area is 155 Å². The molecule has 0 bridgehead atoms. The van der Waals surface area contributed by atoms with Crippen LogP contribution in [-0.2, 0) is 0 Å². The summed E-state index contributed by atoms with van der Waals surface area (Å²) in [5.41, 5.74) is 1.76. The molecule has 0 saturated heterocycles. The highest BCUT2D eigenvalue weighted by Gasteiger charge is 2.10. The van der Waals surface area contributed by atoms with Gasteiger partial charge in [-0.1, -0.05) is 31.5 Å². The quantitative estimate of drug-likeness (QED) is 0.715. The second-order valence-electron chi connectivity index (χ2n) is 6.11. The van der Waals surface area contributed by atoms with Gasteiger partial charge in [-0.25, -0.2) is 4.68 Å². The third-order valence-corrected chi connectivity index (χ3v) is 3.78. The lowest BCUT2D eigenvalue weighted by Gasteiger charge is -2.12. The van der Waals surface area contributed by atoms with Gasteiger partial charge < -0.3 is 10.1 Å². The van der Waals surface area contributed by atoms with Crippen LogP contribution in [0.4, 0.5) is 5.69 Å². The molecule has 1 heterocycles. The van der Waals surface area contributed by atoms with Crippen molar-refractivity contribution in [3.8, 4) is 11.4 Å². The summed E-state index contributed by atoms with van der Waals surface area (Å²) in [4.78, 5) is 12.5. The average Bonchev–Trinajstić information content (AvgIpc) is 3.15. The number of hydrogen-bond acceptors (Lipinski definition) is 5. The molecule has 8 heteroatoms. The minimum absolute atomic E-state index is 0.258. The lowest BCUT2D eigenvalue weighted by molar-refractivity contribution is 0.102.